The van der Waals surface area contributed by atoms with E-state index in [1.165, 1.54) is 11.1 Å². The zero-order valence-corrected chi connectivity index (χ0v) is 15.3. The molecule has 2 aromatic carbocycles. The Hall–Kier alpha value is -1.61. The zero-order valence-electron chi connectivity index (χ0n) is 13.8. The van der Waals surface area contributed by atoms with E-state index in [1.54, 1.807) is 0 Å². The lowest BCUT2D eigenvalue weighted by molar-refractivity contribution is 0.102. The van der Waals surface area contributed by atoms with E-state index in [0.29, 0.717) is 11.5 Å². The molecule has 3 heteroatoms. The molecule has 0 spiro atoms. The normalized spacial score (nSPS) is 10.9. The third-order valence-electron chi connectivity index (χ3n) is 4.24. The van der Waals surface area contributed by atoms with Crippen LogP contribution in [0.3, 0.4) is 0 Å². The van der Waals surface area contributed by atoms with Crippen LogP contribution in [0.25, 0.3) is 0 Å². The van der Waals surface area contributed by atoms with Crippen LogP contribution in [0.5, 0.6) is 0 Å². The minimum atomic E-state index is -0.0707. The molecule has 1 N–H and O–H groups in total. The minimum Gasteiger partial charge on any atom is -0.322 e. The van der Waals surface area contributed by atoms with Crippen LogP contribution in [0.15, 0.2) is 34.8 Å². The van der Waals surface area contributed by atoms with E-state index < -0.39 is 0 Å². The van der Waals surface area contributed by atoms with E-state index in [1.807, 2.05) is 32.0 Å². The molecule has 0 aliphatic heterocycles. The molecule has 0 aliphatic rings. The van der Waals surface area contributed by atoms with Gasteiger partial charge in [-0.15, -0.1) is 0 Å². The lowest BCUT2D eigenvalue weighted by Gasteiger charge is -2.14. The van der Waals surface area contributed by atoms with E-state index >= 15 is 0 Å². The van der Waals surface area contributed by atoms with E-state index in [2.05, 4.69) is 54.2 Å². The van der Waals surface area contributed by atoms with E-state index in [0.717, 1.165) is 21.3 Å². The van der Waals surface area contributed by atoms with E-state index in [4.69, 9.17) is 0 Å². The maximum atomic E-state index is 12.5. The van der Waals surface area contributed by atoms with Gasteiger partial charge in [-0.25, -0.2) is 0 Å². The van der Waals surface area contributed by atoms with Crippen molar-refractivity contribution in [2.45, 2.75) is 40.5 Å². The third-order valence-corrected chi connectivity index (χ3v) is 5.06. The monoisotopic (exact) mass is 359 g/mol. The molecule has 2 aromatic rings. The fourth-order valence-corrected chi connectivity index (χ4v) is 2.92. The van der Waals surface area contributed by atoms with Gasteiger partial charge in [0.25, 0.3) is 5.91 Å². The SMILES string of the molecule is Cc1c(Br)cc(C(=O)Nc2ccc(C(C)C)cc2)c(C)c1C. The van der Waals surface area contributed by atoms with Crippen molar-refractivity contribution in [3.63, 3.8) is 0 Å². The average Bonchev–Trinajstić information content (AvgIpc) is 2.49. The Kier molecular flexibility index (Phi) is 5.07. The van der Waals surface area contributed by atoms with Crippen molar-refractivity contribution in [1.29, 1.82) is 0 Å². The van der Waals surface area contributed by atoms with Gasteiger partial charge >= 0.3 is 0 Å². The molecule has 0 bridgehead atoms. The molecule has 2 nitrogen and oxygen atoms in total. The van der Waals surface area contributed by atoms with Gasteiger partial charge in [-0.1, -0.05) is 41.9 Å². The summed E-state index contributed by atoms with van der Waals surface area (Å²) in [5.41, 5.74) is 6.15. The van der Waals surface area contributed by atoms with Crippen molar-refractivity contribution in [2.24, 2.45) is 0 Å². The van der Waals surface area contributed by atoms with Gasteiger partial charge in [0.15, 0.2) is 0 Å². The van der Waals surface area contributed by atoms with Crippen LogP contribution >= 0.6 is 15.9 Å². The van der Waals surface area contributed by atoms with Crippen LogP contribution in [0.4, 0.5) is 5.69 Å². The number of halogens is 1. The van der Waals surface area contributed by atoms with Gasteiger partial charge in [-0.2, -0.15) is 0 Å². The number of nitrogens with one attached hydrogen (secondary N) is 1. The molecule has 0 aromatic heterocycles. The van der Waals surface area contributed by atoms with Crippen molar-refractivity contribution >= 4 is 27.5 Å². The molecule has 0 atom stereocenters. The lowest BCUT2D eigenvalue weighted by Crippen LogP contribution is -2.14. The van der Waals surface area contributed by atoms with Crippen LogP contribution in [-0.4, -0.2) is 5.91 Å². The highest BCUT2D eigenvalue weighted by Gasteiger charge is 2.14. The molecule has 116 valence electrons. The topological polar surface area (TPSA) is 29.1 Å². The second-order valence-corrected chi connectivity index (χ2v) is 6.87. The van der Waals surface area contributed by atoms with Gasteiger partial charge in [0.2, 0.25) is 0 Å². The first-order valence-electron chi connectivity index (χ1n) is 7.49. The Bertz CT molecular complexity index is 702. The van der Waals surface area contributed by atoms with Gasteiger partial charge in [0.1, 0.15) is 0 Å². The number of hydrogen-bond donors (Lipinski definition) is 1. The molecular formula is C19H22BrNO. The van der Waals surface area contributed by atoms with Crippen LogP contribution in [0, 0.1) is 20.8 Å². The molecule has 22 heavy (non-hydrogen) atoms. The number of hydrogen-bond acceptors (Lipinski definition) is 1. The quantitative estimate of drug-likeness (QED) is 0.742. The van der Waals surface area contributed by atoms with Crippen molar-refractivity contribution < 1.29 is 4.79 Å². The summed E-state index contributed by atoms with van der Waals surface area (Å²) in [5, 5.41) is 2.98. The van der Waals surface area contributed by atoms with Crippen LogP contribution < -0.4 is 5.32 Å². The molecule has 0 unspecified atom stereocenters. The summed E-state index contributed by atoms with van der Waals surface area (Å²) >= 11 is 3.53. The maximum absolute atomic E-state index is 12.5. The smallest absolute Gasteiger partial charge is 0.255 e. The van der Waals surface area contributed by atoms with Crippen LogP contribution in [-0.2, 0) is 0 Å². The Morgan fingerprint density at radius 1 is 1.00 bits per heavy atom. The first-order chi connectivity index (χ1) is 10.3. The first kappa shape index (κ1) is 16.8. The highest BCUT2D eigenvalue weighted by molar-refractivity contribution is 9.10. The van der Waals surface area contributed by atoms with Crippen molar-refractivity contribution in [1.82, 2.24) is 0 Å². The molecule has 1 amide bonds. The Balaban J connectivity index is 2.26. The first-order valence-corrected chi connectivity index (χ1v) is 8.28. The van der Waals surface area contributed by atoms with Gasteiger partial charge in [-0.3, -0.25) is 4.79 Å². The summed E-state index contributed by atoms with van der Waals surface area (Å²) in [6.45, 7) is 10.4. The number of amides is 1. The van der Waals surface area contributed by atoms with Crippen LogP contribution in [0.1, 0.15) is 52.4 Å². The highest BCUT2D eigenvalue weighted by atomic mass is 79.9. The summed E-state index contributed by atoms with van der Waals surface area (Å²) in [4.78, 5) is 12.5. The number of benzene rings is 2. The summed E-state index contributed by atoms with van der Waals surface area (Å²) in [6, 6.07) is 9.93. The number of anilines is 1. The molecular weight excluding hydrogens is 338 g/mol. The second kappa shape index (κ2) is 6.66. The van der Waals surface area contributed by atoms with Gasteiger partial charge in [-0.05, 0) is 67.1 Å². The van der Waals surface area contributed by atoms with Crippen molar-refractivity contribution in [3.8, 4) is 0 Å². The van der Waals surface area contributed by atoms with Crippen molar-refractivity contribution in [3.05, 3.63) is 62.6 Å². The van der Waals surface area contributed by atoms with E-state index in [-0.39, 0.29) is 5.91 Å². The summed E-state index contributed by atoms with van der Waals surface area (Å²) < 4.78 is 0.968. The lowest BCUT2D eigenvalue weighted by atomic mass is 9.98. The predicted octanol–water partition coefficient (Wildman–Crippen LogP) is 5.75. The number of rotatable bonds is 3. The molecule has 0 saturated heterocycles. The molecule has 0 fully saturated rings. The predicted molar refractivity (Wildman–Crippen MR) is 96.8 cm³/mol. The van der Waals surface area contributed by atoms with Gasteiger partial charge in [0.05, 0.1) is 0 Å². The number of carbonyl (C=O) groups is 1. The summed E-state index contributed by atoms with van der Waals surface area (Å²) in [6.07, 6.45) is 0. The largest absolute Gasteiger partial charge is 0.322 e. The number of carbonyl (C=O) groups excluding carboxylic acids is 1. The average molecular weight is 360 g/mol. The Morgan fingerprint density at radius 2 is 1.59 bits per heavy atom. The van der Waals surface area contributed by atoms with Crippen LogP contribution in [0.2, 0.25) is 0 Å². The maximum Gasteiger partial charge on any atom is 0.255 e. The molecule has 2 rings (SSSR count). The zero-order chi connectivity index (χ0) is 16.4. The van der Waals surface area contributed by atoms with Gasteiger partial charge in [0, 0.05) is 15.7 Å². The third kappa shape index (κ3) is 3.41. The fourth-order valence-electron chi connectivity index (χ4n) is 2.39. The molecule has 0 heterocycles. The second-order valence-electron chi connectivity index (χ2n) is 6.01. The fraction of sp³-hybridized carbons (Fsp3) is 0.316. The minimum absolute atomic E-state index is 0.0707. The Morgan fingerprint density at radius 3 is 2.14 bits per heavy atom. The van der Waals surface area contributed by atoms with Gasteiger partial charge < -0.3 is 5.32 Å². The Labute approximate surface area is 141 Å². The summed E-state index contributed by atoms with van der Waals surface area (Å²) in [5.74, 6) is 0.418. The summed E-state index contributed by atoms with van der Waals surface area (Å²) in [7, 11) is 0. The molecule has 0 saturated carbocycles. The van der Waals surface area contributed by atoms with E-state index in [9.17, 15) is 4.79 Å². The molecule has 0 radical (unpaired) electrons. The molecule has 0 aliphatic carbocycles. The van der Waals surface area contributed by atoms with Crippen molar-refractivity contribution in [2.75, 3.05) is 5.32 Å². The standard InChI is InChI=1S/C19H22BrNO/c1-11(2)15-6-8-16(9-7-15)21-19(22)17-10-18(20)14(5)12(3)13(17)4/h6-11H,1-5H3,(H,21,22). The highest BCUT2D eigenvalue weighted by Crippen LogP contribution is 2.26.